The lowest BCUT2D eigenvalue weighted by atomic mass is 9.79. The molecule has 0 aliphatic rings. The second kappa shape index (κ2) is 19.4. The molecule has 0 heterocycles. The molecule has 8 aromatic rings. The number of hydrogen-bond donors (Lipinski definition) is 0. The first-order chi connectivity index (χ1) is 31.2. The van der Waals surface area contributed by atoms with Crippen LogP contribution in [0.5, 0.6) is 0 Å². The topological polar surface area (TPSA) is 6.48 Å². The Labute approximate surface area is 397 Å². The Morgan fingerprint density at radius 1 is 0.227 bits per heavy atom. The molecular formula is C64H70N2. The van der Waals surface area contributed by atoms with Gasteiger partial charge in [-0.25, -0.2) is 0 Å². The molecule has 336 valence electrons. The maximum absolute atomic E-state index is 2.38. The zero-order chi connectivity index (χ0) is 47.4. The van der Waals surface area contributed by atoms with E-state index in [2.05, 4.69) is 288 Å². The highest BCUT2D eigenvalue weighted by molar-refractivity contribution is 5.80. The van der Waals surface area contributed by atoms with E-state index < -0.39 is 0 Å². The first-order valence-electron chi connectivity index (χ1n) is 23.6. The minimum Gasteiger partial charge on any atom is -0.311 e. The summed E-state index contributed by atoms with van der Waals surface area (Å²) < 4.78 is 0. The molecule has 0 aromatic heterocycles. The van der Waals surface area contributed by atoms with Crippen LogP contribution in [0.2, 0.25) is 0 Å². The molecule has 0 atom stereocenters. The zero-order valence-electron chi connectivity index (χ0n) is 41.8. The molecule has 0 saturated heterocycles. The van der Waals surface area contributed by atoms with Crippen molar-refractivity contribution in [1.82, 2.24) is 0 Å². The predicted molar refractivity (Wildman–Crippen MR) is 288 cm³/mol. The van der Waals surface area contributed by atoms with Crippen molar-refractivity contribution < 1.29 is 0 Å². The van der Waals surface area contributed by atoms with E-state index in [9.17, 15) is 0 Å². The highest BCUT2D eigenvalue weighted by Crippen LogP contribution is 2.39. The smallest absolute Gasteiger partial charge is 0.0462 e. The fraction of sp³-hybridized carbons (Fsp3) is 0.250. The van der Waals surface area contributed by atoms with Gasteiger partial charge in [0.2, 0.25) is 0 Å². The second-order valence-electron chi connectivity index (χ2n) is 21.2. The van der Waals surface area contributed by atoms with Crippen molar-refractivity contribution in [3.8, 4) is 22.3 Å². The second-order valence-corrected chi connectivity index (χ2v) is 21.2. The van der Waals surface area contributed by atoms with Crippen LogP contribution in [0.3, 0.4) is 0 Å². The van der Waals surface area contributed by atoms with Crippen LogP contribution in [0, 0.1) is 27.7 Å². The summed E-state index contributed by atoms with van der Waals surface area (Å²) in [6, 6.07) is 68.9. The maximum Gasteiger partial charge on any atom is 0.0462 e. The number of rotatable bonds is 8. The summed E-state index contributed by atoms with van der Waals surface area (Å²) in [6.07, 6.45) is 0. The Kier molecular flexibility index (Phi) is 13.9. The minimum absolute atomic E-state index is 0.101. The summed E-state index contributed by atoms with van der Waals surface area (Å²) in [5.74, 6) is 0. The van der Waals surface area contributed by atoms with Gasteiger partial charge in [-0.3, -0.25) is 0 Å². The lowest BCUT2D eigenvalue weighted by molar-refractivity contribution is 0.569. The molecule has 0 fully saturated rings. The summed E-state index contributed by atoms with van der Waals surface area (Å²) in [5, 5.41) is 0. The molecule has 0 N–H and O–H groups in total. The first-order valence-corrected chi connectivity index (χ1v) is 23.6. The van der Waals surface area contributed by atoms with Crippen LogP contribution in [-0.4, -0.2) is 0 Å². The van der Waals surface area contributed by atoms with Gasteiger partial charge in [-0.2, -0.15) is 0 Å². The molecule has 0 spiro atoms. The molecule has 8 rings (SSSR count). The summed E-state index contributed by atoms with van der Waals surface area (Å²) in [4.78, 5) is 4.64. The van der Waals surface area contributed by atoms with Gasteiger partial charge in [0.25, 0.3) is 0 Å². The van der Waals surface area contributed by atoms with Crippen LogP contribution < -0.4 is 9.80 Å². The van der Waals surface area contributed by atoms with Crippen molar-refractivity contribution >= 4 is 34.1 Å². The van der Waals surface area contributed by atoms with Crippen LogP contribution >= 0.6 is 0 Å². The van der Waals surface area contributed by atoms with Crippen LogP contribution in [0.25, 0.3) is 22.3 Å². The molecular weight excluding hydrogens is 797 g/mol. The molecule has 66 heavy (non-hydrogen) atoms. The Hall–Kier alpha value is -6.64. The van der Waals surface area contributed by atoms with Crippen LogP contribution in [0.15, 0.2) is 188 Å². The van der Waals surface area contributed by atoms with Crippen molar-refractivity contribution in [3.05, 3.63) is 227 Å². The summed E-state index contributed by atoms with van der Waals surface area (Å²) in [6.45, 7) is 29.0. The lowest BCUT2D eigenvalue weighted by Crippen LogP contribution is -2.16. The third-order valence-corrected chi connectivity index (χ3v) is 12.5. The molecule has 8 aromatic carbocycles. The van der Waals surface area contributed by atoms with Gasteiger partial charge < -0.3 is 9.80 Å². The fourth-order valence-electron chi connectivity index (χ4n) is 8.10. The number of hydrogen-bond acceptors (Lipinski definition) is 2. The van der Waals surface area contributed by atoms with Crippen molar-refractivity contribution in [1.29, 1.82) is 0 Å². The fourth-order valence-corrected chi connectivity index (χ4v) is 8.10. The van der Waals surface area contributed by atoms with Crippen LogP contribution in [0.4, 0.5) is 34.1 Å². The van der Waals surface area contributed by atoms with Crippen molar-refractivity contribution in [3.63, 3.8) is 0 Å². The highest BCUT2D eigenvalue weighted by atomic mass is 15.1. The van der Waals surface area contributed by atoms with E-state index in [-0.39, 0.29) is 16.2 Å². The number of nitrogens with zero attached hydrogens (tertiary/aromatic N) is 2. The minimum atomic E-state index is 0.101. The standard InChI is InChI=1S/C34H39N.C30H31N/c1-24-9-15-30(16-10-24)35(31-17-11-25(2)12-18-31)32-19-13-26(14-20-32)27-21-28(33(3,4)5)23-29(22-27)34(6,7)8;1-22-6-16-27(17-7-22)31(28-18-8-23(2)9-19-28)29-20-12-25(13-21-29)24-10-14-26(15-11-24)30(3,4)5/h9-23H,1-8H3;6-21H,1-5H3. The Morgan fingerprint density at radius 3 is 0.682 bits per heavy atom. The Morgan fingerprint density at radius 2 is 0.439 bits per heavy atom. The SMILES string of the molecule is Cc1ccc(N(c2ccc(C)cc2)c2ccc(-c3cc(C(C)(C)C)cc(C(C)(C)C)c3)cc2)cc1.Cc1ccc(N(c2ccc(C)cc2)c2ccc(-c3ccc(C(C)(C)C)cc3)cc2)cc1. The number of benzene rings is 8. The zero-order valence-corrected chi connectivity index (χ0v) is 41.8. The molecule has 2 nitrogen and oxygen atoms in total. The first kappa shape index (κ1) is 47.3. The monoisotopic (exact) mass is 867 g/mol. The molecule has 0 bridgehead atoms. The predicted octanol–water partition coefficient (Wildman–Crippen LogP) is 18.8. The largest absolute Gasteiger partial charge is 0.311 e. The van der Waals surface area contributed by atoms with Gasteiger partial charge in [-0.1, -0.05) is 200 Å². The van der Waals surface area contributed by atoms with E-state index in [1.54, 1.807) is 0 Å². The average Bonchev–Trinajstić information content (AvgIpc) is 3.29. The van der Waals surface area contributed by atoms with E-state index in [1.165, 1.54) is 61.2 Å². The van der Waals surface area contributed by atoms with E-state index >= 15 is 0 Å². The van der Waals surface area contributed by atoms with Gasteiger partial charge in [-0.15, -0.1) is 0 Å². The third kappa shape index (κ3) is 11.6. The molecule has 2 heteroatoms. The molecule has 0 saturated carbocycles. The van der Waals surface area contributed by atoms with Gasteiger partial charge in [0.15, 0.2) is 0 Å². The average molecular weight is 867 g/mol. The molecule has 0 unspecified atom stereocenters. The van der Waals surface area contributed by atoms with Gasteiger partial charge in [0.1, 0.15) is 0 Å². The summed E-state index contributed by atoms with van der Waals surface area (Å²) in [7, 11) is 0. The van der Waals surface area contributed by atoms with Gasteiger partial charge in [-0.05, 0) is 156 Å². The third-order valence-electron chi connectivity index (χ3n) is 12.5. The Balaban J connectivity index is 0.000000198. The summed E-state index contributed by atoms with van der Waals surface area (Å²) >= 11 is 0. The maximum atomic E-state index is 2.38. The highest BCUT2D eigenvalue weighted by Gasteiger charge is 2.22. The summed E-state index contributed by atoms with van der Waals surface area (Å²) in [5.41, 5.74) is 21.5. The van der Waals surface area contributed by atoms with E-state index in [4.69, 9.17) is 0 Å². The van der Waals surface area contributed by atoms with Gasteiger partial charge in [0, 0.05) is 34.1 Å². The van der Waals surface area contributed by atoms with Crippen LogP contribution in [0.1, 0.15) is 101 Å². The van der Waals surface area contributed by atoms with Crippen LogP contribution in [-0.2, 0) is 16.2 Å². The lowest BCUT2D eigenvalue weighted by Gasteiger charge is -2.27. The Bertz CT molecular complexity index is 2690. The number of aryl methyl sites for hydroxylation is 4. The van der Waals surface area contributed by atoms with E-state index in [1.807, 2.05) is 0 Å². The quantitative estimate of drug-likeness (QED) is 0.150. The van der Waals surface area contributed by atoms with Crippen molar-refractivity contribution in [2.45, 2.75) is 106 Å². The molecule has 0 radical (unpaired) electrons. The van der Waals surface area contributed by atoms with Crippen molar-refractivity contribution in [2.24, 2.45) is 0 Å². The van der Waals surface area contributed by atoms with E-state index in [0.29, 0.717) is 0 Å². The molecule has 0 aliphatic heterocycles. The number of anilines is 6. The molecule has 0 aliphatic carbocycles. The molecule has 0 amide bonds. The van der Waals surface area contributed by atoms with Gasteiger partial charge in [0.05, 0.1) is 0 Å². The van der Waals surface area contributed by atoms with Gasteiger partial charge >= 0.3 is 0 Å². The van der Waals surface area contributed by atoms with E-state index in [0.717, 1.165) is 34.1 Å². The normalized spacial score (nSPS) is 11.7. The van der Waals surface area contributed by atoms with Crippen molar-refractivity contribution in [2.75, 3.05) is 9.80 Å².